The second-order valence-electron chi connectivity index (χ2n) is 6.03. The second-order valence-corrected chi connectivity index (χ2v) is 6.44. The van der Waals surface area contributed by atoms with Crippen molar-refractivity contribution in [3.8, 4) is 5.69 Å². The SMILES string of the molecule is Cc1cccc(NC(=O)NC(=O)Cn2nnn(-c3ccccc3Cl)c2=O)c1C. The highest BCUT2D eigenvalue weighted by atomic mass is 35.5. The standard InChI is InChI=1S/C18H17ClN6O3/c1-11-6-5-8-14(12(11)2)20-17(27)21-16(26)10-24-18(28)25(23-22-24)15-9-4-3-7-13(15)19/h3-9H,10H2,1-2H3,(H2,20,21,26,27). The molecule has 3 rings (SSSR count). The molecule has 0 aliphatic heterocycles. The number of anilines is 1. The van der Waals surface area contributed by atoms with Crippen molar-refractivity contribution < 1.29 is 9.59 Å². The Morgan fingerprint density at radius 3 is 2.57 bits per heavy atom. The van der Waals surface area contributed by atoms with E-state index in [1.165, 1.54) is 0 Å². The van der Waals surface area contributed by atoms with E-state index in [0.717, 1.165) is 20.5 Å². The molecule has 0 atom stereocenters. The number of nitrogens with zero attached hydrogens (tertiary/aromatic N) is 4. The molecule has 0 saturated carbocycles. The number of nitrogens with one attached hydrogen (secondary N) is 2. The van der Waals surface area contributed by atoms with Gasteiger partial charge in [0.2, 0.25) is 5.91 Å². The van der Waals surface area contributed by atoms with Crippen molar-refractivity contribution >= 4 is 29.2 Å². The van der Waals surface area contributed by atoms with Crippen LogP contribution < -0.4 is 16.3 Å². The lowest BCUT2D eigenvalue weighted by molar-refractivity contribution is -0.120. The summed E-state index contributed by atoms with van der Waals surface area (Å²) in [4.78, 5) is 36.5. The van der Waals surface area contributed by atoms with Crippen LogP contribution in [0.4, 0.5) is 10.5 Å². The molecule has 0 aliphatic carbocycles. The molecule has 3 amide bonds. The molecule has 28 heavy (non-hydrogen) atoms. The molecule has 0 radical (unpaired) electrons. The van der Waals surface area contributed by atoms with Gasteiger partial charge < -0.3 is 5.32 Å². The third kappa shape index (κ3) is 4.09. The maximum Gasteiger partial charge on any atom is 0.369 e. The minimum absolute atomic E-state index is 0.314. The van der Waals surface area contributed by atoms with E-state index in [9.17, 15) is 14.4 Å². The fraction of sp³-hybridized carbons (Fsp3) is 0.167. The van der Waals surface area contributed by atoms with Gasteiger partial charge in [-0.3, -0.25) is 10.1 Å². The molecule has 2 N–H and O–H groups in total. The number of benzene rings is 2. The highest BCUT2D eigenvalue weighted by molar-refractivity contribution is 6.32. The van der Waals surface area contributed by atoms with Crippen molar-refractivity contribution in [2.45, 2.75) is 20.4 Å². The Bertz CT molecular complexity index is 1100. The zero-order valence-corrected chi connectivity index (χ0v) is 15.9. The van der Waals surface area contributed by atoms with Crippen molar-refractivity contribution in [3.63, 3.8) is 0 Å². The third-order valence-corrected chi connectivity index (χ3v) is 4.44. The Hall–Kier alpha value is -3.46. The molecule has 0 spiro atoms. The Morgan fingerprint density at radius 1 is 1.07 bits per heavy atom. The fourth-order valence-corrected chi connectivity index (χ4v) is 2.71. The van der Waals surface area contributed by atoms with Gasteiger partial charge in [-0.25, -0.2) is 9.59 Å². The first-order chi connectivity index (χ1) is 13.4. The summed E-state index contributed by atoms with van der Waals surface area (Å²) in [6.07, 6.45) is 0. The Kier molecular flexibility index (Phi) is 5.55. The van der Waals surface area contributed by atoms with Crippen molar-refractivity contribution in [1.29, 1.82) is 0 Å². The number of imide groups is 1. The molecule has 3 aromatic rings. The predicted molar refractivity (Wildman–Crippen MR) is 104 cm³/mol. The molecule has 0 unspecified atom stereocenters. The minimum atomic E-state index is -0.712. The molecular weight excluding hydrogens is 384 g/mol. The van der Waals surface area contributed by atoms with Gasteiger partial charge in [0.1, 0.15) is 6.54 Å². The number of carbonyl (C=O) groups is 2. The molecule has 0 bridgehead atoms. The van der Waals surface area contributed by atoms with Crippen LogP contribution in [0.3, 0.4) is 0 Å². The topological polar surface area (TPSA) is 111 Å². The van der Waals surface area contributed by atoms with Crippen LogP contribution in [-0.4, -0.2) is 31.7 Å². The van der Waals surface area contributed by atoms with E-state index < -0.39 is 24.2 Å². The van der Waals surface area contributed by atoms with E-state index in [0.29, 0.717) is 16.4 Å². The van der Waals surface area contributed by atoms with Crippen LogP contribution in [0.2, 0.25) is 5.02 Å². The number of rotatable bonds is 4. The van der Waals surface area contributed by atoms with Gasteiger partial charge in [-0.15, -0.1) is 0 Å². The molecule has 144 valence electrons. The maximum atomic E-state index is 12.4. The lowest BCUT2D eigenvalue weighted by Gasteiger charge is -2.10. The van der Waals surface area contributed by atoms with Gasteiger partial charge in [0.25, 0.3) is 0 Å². The van der Waals surface area contributed by atoms with Gasteiger partial charge in [0, 0.05) is 5.69 Å². The quantitative estimate of drug-likeness (QED) is 0.696. The minimum Gasteiger partial charge on any atom is -0.307 e. The van der Waals surface area contributed by atoms with Crippen LogP contribution in [-0.2, 0) is 11.3 Å². The number of hydrogen-bond acceptors (Lipinski definition) is 5. The Morgan fingerprint density at radius 2 is 1.82 bits per heavy atom. The zero-order chi connectivity index (χ0) is 20.3. The highest BCUT2D eigenvalue weighted by Crippen LogP contribution is 2.18. The number of urea groups is 1. The molecule has 0 fully saturated rings. The maximum absolute atomic E-state index is 12.4. The van der Waals surface area contributed by atoms with E-state index in [4.69, 9.17) is 11.6 Å². The molecule has 2 aromatic carbocycles. The predicted octanol–water partition coefficient (Wildman–Crippen LogP) is 2.05. The number of aryl methyl sites for hydroxylation is 1. The van der Waals surface area contributed by atoms with Gasteiger partial charge in [-0.2, -0.15) is 9.36 Å². The van der Waals surface area contributed by atoms with Crippen LogP contribution in [0, 0.1) is 13.8 Å². The van der Waals surface area contributed by atoms with Gasteiger partial charge >= 0.3 is 11.7 Å². The van der Waals surface area contributed by atoms with Crippen molar-refractivity contribution in [3.05, 3.63) is 69.1 Å². The van der Waals surface area contributed by atoms with Crippen molar-refractivity contribution in [2.75, 3.05) is 5.32 Å². The van der Waals surface area contributed by atoms with E-state index in [1.54, 1.807) is 36.4 Å². The Labute approximate surface area is 164 Å². The summed E-state index contributed by atoms with van der Waals surface area (Å²) in [6.45, 7) is 3.31. The molecule has 10 heteroatoms. The van der Waals surface area contributed by atoms with Crippen LogP contribution in [0.1, 0.15) is 11.1 Å². The molecule has 1 aromatic heterocycles. The lowest BCUT2D eigenvalue weighted by Crippen LogP contribution is -2.39. The van der Waals surface area contributed by atoms with E-state index in [1.807, 2.05) is 19.9 Å². The largest absolute Gasteiger partial charge is 0.369 e. The summed E-state index contributed by atoms with van der Waals surface area (Å²) in [5, 5.41) is 12.5. The average molecular weight is 401 g/mol. The summed E-state index contributed by atoms with van der Waals surface area (Å²) in [5.74, 6) is -0.712. The number of carbonyl (C=O) groups excluding carboxylic acids is 2. The van der Waals surface area contributed by atoms with E-state index in [2.05, 4.69) is 21.1 Å². The summed E-state index contributed by atoms with van der Waals surface area (Å²) in [5.41, 5.74) is 2.18. The first kappa shape index (κ1) is 19.3. The molecule has 0 saturated heterocycles. The number of halogens is 1. The summed E-state index contributed by atoms with van der Waals surface area (Å²) >= 11 is 6.05. The van der Waals surface area contributed by atoms with E-state index in [-0.39, 0.29) is 0 Å². The van der Waals surface area contributed by atoms with Gasteiger partial charge in [0.15, 0.2) is 0 Å². The van der Waals surface area contributed by atoms with Gasteiger partial charge in [-0.05, 0) is 53.6 Å². The normalized spacial score (nSPS) is 10.5. The summed E-state index contributed by atoms with van der Waals surface area (Å²) in [6, 6.07) is 11.3. The number of para-hydroxylation sites is 1. The molecule has 1 heterocycles. The lowest BCUT2D eigenvalue weighted by atomic mass is 10.1. The third-order valence-electron chi connectivity index (χ3n) is 4.12. The zero-order valence-electron chi connectivity index (χ0n) is 15.1. The van der Waals surface area contributed by atoms with Crippen molar-refractivity contribution in [1.82, 2.24) is 25.1 Å². The van der Waals surface area contributed by atoms with Crippen LogP contribution >= 0.6 is 11.6 Å². The summed E-state index contributed by atoms with van der Waals surface area (Å²) in [7, 11) is 0. The van der Waals surface area contributed by atoms with Gasteiger partial charge in [-0.1, -0.05) is 35.9 Å². The van der Waals surface area contributed by atoms with Crippen LogP contribution in [0.15, 0.2) is 47.3 Å². The van der Waals surface area contributed by atoms with E-state index >= 15 is 0 Å². The number of tetrazole rings is 1. The smallest absolute Gasteiger partial charge is 0.307 e. The monoisotopic (exact) mass is 400 g/mol. The highest BCUT2D eigenvalue weighted by Gasteiger charge is 2.16. The van der Waals surface area contributed by atoms with Crippen molar-refractivity contribution in [2.24, 2.45) is 0 Å². The van der Waals surface area contributed by atoms with Crippen LogP contribution in [0.5, 0.6) is 0 Å². The molecule has 9 nitrogen and oxygen atoms in total. The Balaban J connectivity index is 1.67. The van der Waals surface area contributed by atoms with Gasteiger partial charge in [0.05, 0.1) is 10.7 Å². The molecular formula is C18H17ClN6O3. The fourth-order valence-electron chi connectivity index (χ4n) is 2.49. The number of amides is 3. The second kappa shape index (κ2) is 8.05. The summed E-state index contributed by atoms with van der Waals surface area (Å²) < 4.78 is 1.82. The first-order valence-corrected chi connectivity index (χ1v) is 8.69. The molecule has 0 aliphatic rings. The number of aromatic nitrogens is 4. The average Bonchev–Trinajstić information content (AvgIpc) is 2.99. The van der Waals surface area contributed by atoms with Crippen LogP contribution in [0.25, 0.3) is 5.69 Å². The first-order valence-electron chi connectivity index (χ1n) is 8.31. The number of hydrogen-bond donors (Lipinski definition) is 2.